The first-order valence-corrected chi connectivity index (χ1v) is 6.82. The molecular formula is C18H14O4. The smallest absolute Gasteiger partial charge is 0.196 e. The first-order valence-electron chi connectivity index (χ1n) is 6.82. The van der Waals surface area contributed by atoms with Crippen LogP contribution in [-0.4, -0.2) is 13.4 Å². The summed E-state index contributed by atoms with van der Waals surface area (Å²) in [5, 5.41) is 0.375. The fourth-order valence-electron chi connectivity index (χ4n) is 2.51. The van der Waals surface area contributed by atoms with Crippen molar-refractivity contribution < 1.29 is 13.9 Å². The van der Waals surface area contributed by atoms with Crippen LogP contribution in [0.4, 0.5) is 0 Å². The largest absolute Gasteiger partial charge is 0.496 e. The van der Waals surface area contributed by atoms with Crippen molar-refractivity contribution in [1.82, 2.24) is 0 Å². The Balaban J connectivity index is 2.44. The van der Waals surface area contributed by atoms with Crippen LogP contribution in [0.2, 0.25) is 0 Å². The monoisotopic (exact) mass is 294 g/mol. The second-order valence-corrected chi connectivity index (χ2v) is 4.93. The molecule has 0 N–H and O–H groups in total. The highest BCUT2D eigenvalue weighted by Crippen LogP contribution is 2.30. The van der Waals surface area contributed by atoms with Crippen molar-refractivity contribution in [2.75, 3.05) is 7.11 Å². The molecule has 0 unspecified atom stereocenters. The molecule has 4 heteroatoms. The molecule has 1 aromatic heterocycles. The number of fused-ring (bicyclic) bond motifs is 1. The molecule has 3 rings (SSSR count). The number of aldehydes is 1. The summed E-state index contributed by atoms with van der Waals surface area (Å²) in [6.07, 6.45) is 0.647. The molecule has 0 aliphatic carbocycles. The Labute approximate surface area is 127 Å². The number of carbonyl (C=O) groups excluding carboxylic acids is 1. The van der Waals surface area contributed by atoms with Crippen LogP contribution in [0.1, 0.15) is 15.9 Å². The average Bonchev–Trinajstić information content (AvgIpc) is 2.57. The SMILES string of the molecule is COc1ccc2c(=O)c(C)c(-c3ccccc3)oc2c1C=O. The van der Waals surface area contributed by atoms with Gasteiger partial charge in [-0.05, 0) is 19.1 Å². The van der Waals surface area contributed by atoms with Gasteiger partial charge in [0.1, 0.15) is 11.5 Å². The minimum Gasteiger partial charge on any atom is -0.496 e. The summed E-state index contributed by atoms with van der Waals surface area (Å²) in [5.41, 5.74) is 1.66. The molecule has 0 aliphatic rings. The molecule has 0 fully saturated rings. The van der Waals surface area contributed by atoms with E-state index >= 15 is 0 Å². The molecule has 0 amide bonds. The molecule has 0 aliphatic heterocycles. The Morgan fingerprint density at radius 3 is 2.45 bits per heavy atom. The quantitative estimate of drug-likeness (QED) is 0.693. The van der Waals surface area contributed by atoms with Crippen molar-refractivity contribution in [3.8, 4) is 17.1 Å². The van der Waals surface area contributed by atoms with Crippen molar-refractivity contribution >= 4 is 17.3 Å². The van der Waals surface area contributed by atoms with E-state index in [4.69, 9.17) is 9.15 Å². The van der Waals surface area contributed by atoms with E-state index in [1.807, 2.05) is 30.3 Å². The van der Waals surface area contributed by atoms with Crippen LogP contribution in [0.25, 0.3) is 22.3 Å². The number of hydrogen-bond donors (Lipinski definition) is 0. The average molecular weight is 294 g/mol. The van der Waals surface area contributed by atoms with Crippen LogP contribution < -0.4 is 10.2 Å². The van der Waals surface area contributed by atoms with Crippen LogP contribution in [-0.2, 0) is 0 Å². The van der Waals surface area contributed by atoms with Crippen molar-refractivity contribution in [1.29, 1.82) is 0 Å². The molecule has 0 atom stereocenters. The van der Waals surface area contributed by atoms with E-state index in [2.05, 4.69) is 0 Å². The van der Waals surface area contributed by atoms with Gasteiger partial charge in [0, 0.05) is 11.1 Å². The Morgan fingerprint density at radius 2 is 1.82 bits per heavy atom. The van der Waals surface area contributed by atoms with Crippen molar-refractivity contribution in [2.45, 2.75) is 6.92 Å². The van der Waals surface area contributed by atoms with Crippen molar-refractivity contribution in [3.05, 3.63) is 63.8 Å². The van der Waals surface area contributed by atoms with Gasteiger partial charge in [-0.2, -0.15) is 0 Å². The van der Waals surface area contributed by atoms with E-state index in [0.29, 0.717) is 28.7 Å². The Morgan fingerprint density at radius 1 is 1.09 bits per heavy atom. The highest BCUT2D eigenvalue weighted by atomic mass is 16.5. The highest BCUT2D eigenvalue weighted by molar-refractivity contribution is 5.98. The van der Waals surface area contributed by atoms with Gasteiger partial charge in [0.15, 0.2) is 17.3 Å². The second-order valence-electron chi connectivity index (χ2n) is 4.93. The molecule has 0 spiro atoms. The molecule has 4 nitrogen and oxygen atoms in total. The third-order valence-electron chi connectivity index (χ3n) is 3.66. The standard InChI is InChI=1S/C18H14O4/c1-11-16(20)13-8-9-15(21-2)14(10-19)18(13)22-17(11)12-6-4-3-5-7-12/h3-10H,1-2H3. The summed E-state index contributed by atoms with van der Waals surface area (Å²) >= 11 is 0. The lowest BCUT2D eigenvalue weighted by Crippen LogP contribution is -2.08. The summed E-state index contributed by atoms with van der Waals surface area (Å²) < 4.78 is 11.1. The normalized spacial score (nSPS) is 10.6. The van der Waals surface area contributed by atoms with E-state index in [-0.39, 0.29) is 16.6 Å². The first kappa shape index (κ1) is 14.1. The minimum atomic E-state index is -0.147. The van der Waals surface area contributed by atoms with Gasteiger partial charge >= 0.3 is 0 Å². The molecular weight excluding hydrogens is 280 g/mol. The minimum absolute atomic E-state index is 0.147. The van der Waals surface area contributed by atoms with Gasteiger partial charge in [-0.15, -0.1) is 0 Å². The lowest BCUT2D eigenvalue weighted by Gasteiger charge is -2.10. The third kappa shape index (κ3) is 2.09. The molecule has 2 aromatic carbocycles. The Kier molecular flexibility index (Phi) is 3.51. The molecule has 0 saturated heterocycles. The van der Waals surface area contributed by atoms with Gasteiger partial charge in [-0.3, -0.25) is 9.59 Å². The third-order valence-corrected chi connectivity index (χ3v) is 3.66. The summed E-state index contributed by atoms with van der Waals surface area (Å²) in [6.45, 7) is 1.72. The van der Waals surface area contributed by atoms with Crippen molar-refractivity contribution in [3.63, 3.8) is 0 Å². The van der Waals surface area contributed by atoms with E-state index in [1.54, 1.807) is 19.1 Å². The Bertz CT molecular complexity index is 908. The number of hydrogen-bond acceptors (Lipinski definition) is 4. The van der Waals surface area contributed by atoms with Crippen LogP contribution in [0.3, 0.4) is 0 Å². The zero-order chi connectivity index (χ0) is 15.7. The topological polar surface area (TPSA) is 56.5 Å². The fraction of sp³-hybridized carbons (Fsp3) is 0.111. The van der Waals surface area contributed by atoms with Gasteiger partial charge in [0.05, 0.1) is 18.1 Å². The molecule has 0 saturated carbocycles. The number of carbonyl (C=O) groups is 1. The predicted molar refractivity (Wildman–Crippen MR) is 84.6 cm³/mol. The molecule has 3 aromatic rings. The zero-order valence-electron chi connectivity index (χ0n) is 12.3. The van der Waals surface area contributed by atoms with Gasteiger partial charge in [0.2, 0.25) is 0 Å². The number of benzene rings is 2. The summed E-state index contributed by atoms with van der Waals surface area (Å²) in [4.78, 5) is 24.0. The molecule has 110 valence electrons. The number of ether oxygens (including phenoxy) is 1. The van der Waals surface area contributed by atoms with E-state index in [9.17, 15) is 9.59 Å². The van der Waals surface area contributed by atoms with Gasteiger partial charge < -0.3 is 9.15 Å². The van der Waals surface area contributed by atoms with E-state index in [1.165, 1.54) is 7.11 Å². The summed E-state index contributed by atoms with van der Waals surface area (Å²) in [5.74, 6) is 0.850. The maximum Gasteiger partial charge on any atom is 0.196 e. The van der Waals surface area contributed by atoms with Crippen LogP contribution in [0.15, 0.2) is 51.7 Å². The predicted octanol–water partition coefficient (Wildman–Crippen LogP) is 3.59. The maximum absolute atomic E-state index is 12.6. The zero-order valence-corrected chi connectivity index (χ0v) is 12.3. The lowest BCUT2D eigenvalue weighted by atomic mass is 10.0. The van der Waals surface area contributed by atoms with Crippen LogP contribution >= 0.6 is 0 Å². The van der Waals surface area contributed by atoms with Crippen molar-refractivity contribution in [2.24, 2.45) is 0 Å². The van der Waals surface area contributed by atoms with Gasteiger partial charge in [0.25, 0.3) is 0 Å². The maximum atomic E-state index is 12.6. The highest BCUT2D eigenvalue weighted by Gasteiger charge is 2.17. The molecule has 0 bridgehead atoms. The first-order chi connectivity index (χ1) is 10.7. The summed E-state index contributed by atoms with van der Waals surface area (Å²) in [7, 11) is 1.47. The molecule has 1 heterocycles. The molecule has 0 radical (unpaired) electrons. The van der Waals surface area contributed by atoms with E-state index < -0.39 is 0 Å². The van der Waals surface area contributed by atoms with Gasteiger partial charge in [-0.25, -0.2) is 0 Å². The lowest BCUT2D eigenvalue weighted by molar-refractivity contribution is 0.112. The van der Waals surface area contributed by atoms with Gasteiger partial charge in [-0.1, -0.05) is 30.3 Å². The van der Waals surface area contributed by atoms with E-state index in [0.717, 1.165) is 5.56 Å². The number of rotatable bonds is 3. The van der Waals surface area contributed by atoms with Crippen LogP contribution in [0.5, 0.6) is 5.75 Å². The number of methoxy groups -OCH3 is 1. The fourth-order valence-corrected chi connectivity index (χ4v) is 2.51. The molecule has 22 heavy (non-hydrogen) atoms. The Hall–Kier alpha value is -2.88. The summed E-state index contributed by atoms with van der Waals surface area (Å²) in [6, 6.07) is 12.6. The van der Waals surface area contributed by atoms with Crippen LogP contribution in [0, 0.1) is 6.92 Å². The second kappa shape index (κ2) is 5.48.